The third kappa shape index (κ3) is 8.09. The molecule has 0 fully saturated rings. The second-order valence-electron chi connectivity index (χ2n) is 4.69. The van der Waals surface area contributed by atoms with E-state index in [0.29, 0.717) is 13.3 Å². The summed E-state index contributed by atoms with van der Waals surface area (Å²) in [4.78, 5) is 12.1. The molecule has 2 N–H and O–H groups in total. The summed E-state index contributed by atoms with van der Waals surface area (Å²) in [7, 11) is 0. The molecule has 0 aliphatic heterocycles. The Bertz CT molecular complexity index is 387. The van der Waals surface area contributed by atoms with Crippen LogP contribution < -0.4 is 10.6 Å². The van der Waals surface area contributed by atoms with E-state index in [9.17, 15) is 4.79 Å². The van der Waals surface area contributed by atoms with Gasteiger partial charge in [-0.1, -0.05) is 37.3 Å². The summed E-state index contributed by atoms with van der Waals surface area (Å²) in [5.74, 6) is 1.70. The molecule has 0 heterocycles. The molecule has 0 spiro atoms. The lowest BCUT2D eigenvalue weighted by Gasteiger charge is -2.18. The molecule has 21 heavy (non-hydrogen) atoms. The standard InChI is InChI=1S/C16H26N2O2S/c1-3-10-17-16(19)15(18-13-20-4-2)12-21-11-14-8-6-5-7-9-14/h5-9,15,18H,3-4,10-13H2,1-2H3,(H,17,19). The molecular formula is C16H26N2O2S. The molecule has 0 saturated carbocycles. The fraction of sp³-hybridized carbons (Fsp3) is 0.562. The van der Waals surface area contributed by atoms with Crippen molar-refractivity contribution in [3.05, 3.63) is 35.9 Å². The number of hydrogen-bond donors (Lipinski definition) is 2. The fourth-order valence-corrected chi connectivity index (χ4v) is 2.78. The number of benzene rings is 1. The van der Waals surface area contributed by atoms with Crippen molar-refractivity contribution in [1.29, 1.82) is 0 Å². The van der Waals surface area contributed by atoms with Crippen LogP contribution in [0, 0.1) is 0 Å². The van der Waals surface area contributed by atoms with Crippen LogP contribution in [0.2, 0.25) is 0 Å². The van der Waals surface area contributed by atoms with Gasteiger partial charge >= 0.3 is 0 Å². The Morgan fingerprint density at radius 2 is 2.05 bits per heavy atom. The van der Waals surface area contributed by atoms with Crippen LogP contribution >= 0.6 is 11.8 Å². The third-order valence-electron chi connectivity index (χ3n) is 2.90. The maximum Gasteiger partial charge on any atom is 0.238 e. The summed E-state index contributed by atoms with van der Waals surface area (Å²) >= 11 is 1.76. The lowest BCUT2D eigenvalue weighted by atomic mass is 10.2. The Kier molecular flexibility index (Phi) is 9.95. The van der Waals surface area contributed by atoms with E-state index in [0.717, 1.165) is 24.5 Å². The molecule has 0 saturated heterocycles. The number of nitrogens with one attached hydrogen (secondary N) is 2. The molecule has 118 valence electrons. The zero-order chi connectivity index (χ0) is 15.3. The molecule has 0 radical (unpaired) electrons. The second kappa shape index (κ2) is 11.6. The summed E-state index contributed by atoms with van der Waals surface area (Å²) in [5.41, 5.74) is 1.28. The molecule has 5 heteroatoms. The second-order valence-corrected chi connectivity index (χ2v) is 5.72. The molecule has 1 unspecified atom stereocenters. The fourth-order valence-electron chi connectivity index (χ4n) is 1.73. The summed E-state index contributed by atoms with van der Waals surface area (Å²) in [6.07, 6.45) is 0.946. The van der Waals surface area contributed by atoms with Crippen molar-refractivity contribution in [2.45, 2.75) is 32.1 Å². The Hall–Kier alpha value is -1.04. The van der Waals surface area contributed by atoms with Gasteiger partial charge in [0.05, 0.1) is 12.8 Å². The zero-order valence-corrected chi connectivity index (χ0v) is 13.7. The van der Waals surface area contributed by atoms with Gasteiger partial charge in [-0.25, -0.2) is 0 Å². The molecule has 1 amide bonds. The maximum atomic E-state index is 12.1. The van der Waals surface area contributed by atoms with E-state index >= 15 is 0 Å². The predicted molar refractivity (Wildman–Crippen MR) is 89.3 cm³/mol. The van der Waals surface area contributed by atoms with Crippen LogP contribution in [0.3, 0.4) is 0 Å². The Balaban J connectivity index is 2.38. The molecule has 4 nitrogen and oxygen atoms in total. The van der Waals surface area contributed by atoms with Gasteiger partial charge in [-0.05, 0) is 18.9 Å². The number of hydrogen-bond acceptors (Lipinski definition) is 4. The monoisotopic (exact) mass is 310 g/mol. The number of carbonyl (C=O) groups is 1. The molecule has 0 aliphatic carbocycles. The van der Waals surface area contributed by atoms with Gasteiger partial charge in [-0.3, -0.25) is 10.1 Å². The van der Waals surface area contributed by atoms with Gasteiger partial charge in [0.1, 0.15) is 0 Å². The number of thioether (sulfide) groups is 1. The van der Waals surface area contributed by atoms with E-state index in [1.165, 1.54) is 5.56 Å². The molecular weight excluding hydrogens is 284 g/mol. The van der Waals surface area contributed by atoms with Gasteiger partial charge in [-0.2, -0.15) is 11.8 Å². The Morgan fingerprint density at radius 1 is 1.29 bits per heavy atom. The quantitative estimate of drug-likeness (QED) is 0.487. The number of ether oxygens (including phenoxy) is 1. The van der Waals surface area contributed by atoms with Crippen molar-refractivity contribution in [3.8, 4) is 0 Å². The van der Waals surface area contributed by atoms with Gasteiger partial charge in [-0.15, -0.1) is 0 Å². The van der Waals surface area contributed by atoms with Crippen molar-refractivity contribution >= 4 is 17.7 Å². The number of amides is 1. The van der Waals surface area contributed by atoms with E-state index in [2.05, 4.69) is 22.8 Å². The summed E-state index contributed by atoms with van der Waals surface area (Å²) < 4.78 is 5.28. The molecule has 1 rings (SSSR count). The minimum Gasteiger partial charge on any atom is -0.367 e. The predicted octanol–water partition coefficient (Wildman–Crippen LogP) is 2.40. The van der Waals surface area contributed by atoms with E-state index in [4.69, 9.17) is 4.74 Å². The summed E-state index contributed by atoms with van der Waals surface area (Å²) in [6, 6.07) is 10.1. The topological polar surface area (TPSA) is 50.4 Å². The van der Waals surface area contributed by atoms with Gasteiger partial charge < -0.3 is 10.1 Å². The first-order valence-electron chi connectivity index (χ1n) is 7.48. The molecule has 1 aromatic carbocycles. The SMILES string of the molecule is CCCNC(=O)C(CSCc1ccccc1)NCOCC. The molecule has 1 atom stereocenters. The van der Waals surface area contributed by atoms with Crippen molar-refractivity contribution in [2.75, 3.05) is 25.6 Å². The van der Waals surface area contributed by atoms with Crippen molar-refractivity contribution in [1.82, 2.24) is 10.6 Å². The molecule has 0 bridgehead atoms. The highest BCUT2D eigenvalue weighted by Crippen LogP contribution is 2.12. The smallest absolute Gasteiger partial charge is 0.238 e. The van der Waals surface area contributed by atoms with Crippen LogP contribution in [-0.4, -0.2) is 37.6 Å². The number of carbonyl (C=O) groups excluding carboxylic acids is 1. The van der Waals surface area contributed by atoms with Gasteiger partial charge in [0.15, 0.2) is 0 Å². The first-order valence-corrected chi connectivity index (χ1v) is 8.63. The van der Waals surface area contributed by atoms with Crippen LogP contribution in [-0.2, 0) is 15.3 Å². The van der Waals surface area contributed by atoms with Gasteiger partial charge in [0.25, 0.3) is 0 Å². The average Bonchev–Trinajstić information content (AvgIpc) is 2.52. The highest BCUT2D eigenvalue weighted by molar-refractivity contribution is 7.98. The highest BCUT2D eigenvalue weighted by atomic mass is 32.2. The molecule has 1 aromatic rings. The summed E-state index contributed by atoms with van der Waals surface area (Å²) in [6.45, 7) is 5.76. The van der Waals surface area contributed by atoms with E-state index in [-0.39, 0.29) is 11.9 Å². The van der Waals surface area contributed by atoms with Crippen LogP contribution in [0.1, 0.15) is 25.8 Å². The molecule has 0 aliphatic rings. The highest BCUT2D eigenvalue weighted by Gasteiger charge is 2.17. The van der Waals surface area contributed by atoms with Crippen LogP contribution in [0.25, 0.3) is 0 Å². The minimum atomic E-state index is -0.211. The van der Waals surface area contributed by atoms with E-state index in [1.807, 2.05) is 32.0 Å². The first-order chi connectivity index (χ1) is 10.3. The summed E-state index contributed by atoms with van der Waals surface area (Å²) in [5, 5.41) is 6.10. The van der Waals surface area contributed by atoms with Crippen LogP contribution in [0.4, 0.5) is 0 Å². The number of rotatable bonds is 11. The van der Waals surface area contributed by atoms with Crippen LogP contribution in [0.5, 0.6) is 0 Å². The van der Waals surface area contributed by atoms with Crippen molar-refractivity contribution < 1.29 is 9.53 Å². The van der Waals surface area contributed by atoms with E-state index in [1.54, 1.807) is 11.8 Å². The van der Waals surface area contributed by atoms with Crippen molar-refractivity contribution in [3.63, 3.8) is 0 Å². The minimum absolute atomic E-state index is 0.0529. The zero-order valence-electron chi connectivity index (χ0n) is 12.9. The largest absolute Gasteiger partial charge is 0.367 e. The Morgan fingerprint density at radius 3 is 2.71 bits per heavy atom. The van der Waals surface area contributed by atoms with Gasteiger partial charge in [0, 0.05) is 24.7 Å². The normalized spacial score (nSPS) is 12.1. The Labute approximate surface area is 132 Å². The lowest BCUT2D eigenvalue weighted by Crippen LogP contribution is -2.46. The van der Waals surface area contributed by atoms with Crippen LogP contribution in [0.15, 0.2) is 30.3 Å². The first kappa shape index (κ1) is 18.0. The van der Waals surface area contributed by atoms with E-state index < -0.39 is 0 Å². The molecule has 0 aromatic heterocycles. The lowest BCUT2D eigenvalue weighted by molar-refractivity contribution is -0.123. The average molecular weight is 310 g/mol. The van der Waals surface area contributed by atoms with Gasteiger partial charge in [0.2, 0.25) is 5.91 Å². The third-order valence-corrected chi connectivity index (χ3v) is 4.00. The maximum absolute atomic E-state index is 12.1. The van der Waals surface area contributed by atoms with Crippen molar-refractivity contribution in [2.24, 2.45) is 0 Å².